The number of esters is 1. The quantitative estimate of drug-likeness (QED) is 0.287. The number of para-hydroxylation sites is 1. The fourth-order valence-corrected chi connectivity index (χ4v) is 3.64. The van der Waals surface area contributed by atoms with Gasteiger partial charge in [0.15, 0.2) is 0 Å². The molecule has 2 aromatic rings. The number of rotatable bonds is 16. The SMILES string of the molecule is COc1cccc(CCc2ccccc2OC[C@H](CN(C)C)OC(=O)CCCCCC(=O)O)c1. The second-order valence-corrected chi connectivity index (χ2v) is 8.60. The number of likely N-dealkylation sites (N-methyl/N-ethyl adjacent to an activating group) is 1. The number of hydrogen-bond donors (Lipinski definition) is 1. The van der Waals surface area contributed by atoms with Crippen LogP contribution in [0.4, 0.5) is 0 Å². The summed E-state index contributed by atoms with van der Waals surface area (Å²) in [6.07, 6.45) is 3.57. The Morgan fingerprint density at radius 2 is 1.74 bits per heavy atom. The minimum atomic E-state index is -0.811. The molecule has 7 nitrogen and oxygen atoms in total. The molecule has 0 aliphatic rings. The van der Waals surface area contributed by atoms with Crippen molar-refractivity contribution in [2.75, 3.05) is 34.4 Å². The highest BCUT2D eigenvalue weighted by atomic mass is 16.6. The van der Waals surface area contributed by atoms with Crippen LogP contribution in [0.2, 0.25) is 0 Å². The van der Waals surface area contributed by atoms with E-state index in [-0.39, 0.29) is 25.4 Å². The van der Waals surface area contributed by atoms with Gasteiger partial charge in [-0.2, -0.15) is 0 Å². The average Bonchev–Trinajstić information content (AvgIpc) is 2.81. The van der Waals surface area contributed by atoms with Gasteiger partial charge in [-0.3, -0.25) is 9.59 Å². The van der Waals surface area contributed by atoms with E-state index in [9.17, 15) is 9.59 Å². The molecule has 1 N–H and O–H groups in total. The monoisotopic (exact) mass is 471 g/mol. The Balaban J connectivity index is 1.89. The normalized spacial score (nSPS) is 11.8. The van der Waals surface area contributed by atoms with Crippen molar-refractivity contribution in [3.8, 4) is 11.5 Å². The van der Waals surface area contributed by atoms with Crippen LogP contribution in [0.1, 0.15) is 43.2 Å². The Morgan fingerprint density at radius 3 is 2.47 bits per heavy atom. The first-order valence-corrected chi connectivity index (χ1v) is 11.8. The lowest BCUT2D eigenvalue weighted by Crippen LogP contribution is -2.35. The number of benzene rings is 2. The Bertz CT molecular complexity index is 898. The predicted octanol–water partition coefficient (Wildman–Crippen LogP) is 4.37. The largest absolute Gasteiger partial charge is 0.497 e. The van der Waals surface area contributed by atoms with Crippen molar-refractivity contribution >= 4 is 11.9 Å². The zero-order chi connectivity index (χ0) is 24.8. The summed E-state index contributed by atoms with van der Waals surface area (Å²) in [5.74, 6) is 0.544. The Hall–Kier alpha value is -3.06. The fourth-order valence-electron chi connectivity index (χ4n) is 3.64. The van der Waals surface area contributed by atoms with Crippen LogP contribution >= 0.6 is 0 Å². The number of unbranched alkanes of at least 4 members (excludes halogenated alkanes) is 2. The van der Waals surface area contributed by atoms with E-state index in [0.717, 1.165) is 29.9 Å². The molecule has 0 saturated carbocycles. The molecule has 0 aliphatic heterocycles. The summed E-state index contributed by atoms with van der Waals surface area (Å²) in [6, 6.07) is 16.0. The second kappa shape index (κ2) is 15.0. The van der Waals surface area contributed by atoms with E-state index in [2.05, 4.69) is 12.1 Å². The molecule has 0 bridgehead atoms. The average molecular weight is 472 g/mol. The van der Waals surface area contributed by atoms with Crippen LogP contribution in [-0.4, -0.2) is 62.4 Å². The molecule has 0 heterocycles. The topological polar surface area (TPSA) is 85.3 Å². The number of ether oxygens (including phenoxy) is 3. The van der Waals surface area contributed by atoms with Crippen molar-refractivity contribution in [2.45, 2.75) is 51.0 Å². The lowest BCUT2D eigenvalue weighted by atomic mass is 10.0. The number of carbonyl (C=O) groups excluding carboxylic acids is 1. The maximum atomic E-state index is 12.3. The van der Waals surface area contributed by atoms with E-state index in [1.807, 2.05) is 55.4 Å². The van der Waals surface area contributed by atoms with Gasteiger partial charge in [-0.25, -0.2) is 0 Å². The zero-order valence-electron chi connectivity index (χ0n) is 20.5. The summed E-state index contributed by atoms with van der Waals surface area (Å²) in [6.45, 7) is 0.815. The molecule has 0 unspecified atom stereocenters. The van der Waals surface area contributed by atoms with Crippen molar-refractivity contribution in [3.05, 3.63) is 59.7 Å². The number of hydrogen-bond acceptors (Lipinski definition) is 6. The molecule has 7 heteroatoms. The molecule has 0 spiro atoms. The number of carbonyl (C=O) groups is 2. The Kier molecular flexibility index (Phi) is 12.0. The van der Waals surface area contributed by atoms with E-state index in [1.165, 1.54) is 5.56 Å². The van der Waals surface area contributed by atoms with Crippen LogP contribution in [0.3, 0.4) is 0 Å². The van der Waals surface area contributed by atoms with E-state index in [1.54, 1.807) is 7.11 Å². The van der Waals surface area contributed by atoms with Gasteiger partial charge in [0, 0.05) is 19.4 Å². The van der Waals surface area contributed by atoms with Crippen LogP contribution in [-0.2, 0) is 27.2 Å². The van der Waals surface area contributed by atoms with Crippen molar-refractivity contribution in [3.63, 3.8) is 0 Å². The van der Waals surface area contributed by atoms with Crippen molar-refractivity contribution in [1.29, 1.82) is 0 Å². The predicted molar refractivity (Wildman–Crippen MR) is 131 cm³/mol. The molecule has 0 aliphatic carbocycles. The minimum absolute atomic E-state index is 0.128. The second-order valence-electron chi connectivity index (χ2n) is 8.60. The standard InChI is InChI=1S/C27H37NO6/c1-28(2)19-24(34-27(31)15-6-4-5-14-26(29)30)20-33-25-13-8-7-11-22(25)17-16-21-10-9-12-23(18-21)32-3/h7-13,18,24H,4-6,14-17,19-20H2,1-3H3,(H,29,30)/t24-/m0/s1. The van der Waals surface area contributed by atoms with Gasteiger partial charge in [0.1, 0.15) is 24.2 Å². The summed E-state index contributed by atoms with van der Waals surface area (Å²) in [5, 5.41) is 8.70. The maximum absolute atomic E-state index is 12.3. The van der Waals surface area contributed by atoms with E-state index < -0.39 is 12.1 Å². The number of nitrogens with zero attached hydrogens (tertiary/aromatic N) is 1. The van der Waals surface area contributed by atoms with Crippen molar-refractivity contribution < 1.29 is 28.9 Å². The summed E-state index contributed by atoms with van der Waals surface area (Å²) >= 11 is 0. The number of aryl methyl sites for hydroxylation is 2. The van der Waals surface area contributed by atoms with Gasteiger partial charge < -0.3 is 24.2 Å². The van der Waals surface area contributed by atoms with Gasteiger partial charge in [-0.1, -0.05) is 36.8 Å². The van der Waals surface area contributed by atoms with Gasteiger partial charge in [0.2, 0.25) is 0 Å². The van der Waals surface area contributed by atoms with Crippen LogP contribution < -0.4 is 9.47 Å². The van der Waals surface area contributed by atoms with Gasteiger partial charge in [0.25, 0.3) is 0 Å². The van der Waals surface area contributed by atoms with Crippen LogP contribution in [0.5, 0.6) is 11.5 Å². The minimum Gasteiger partial charge on any atom is -0.497 e. The summed E-state index contributed by atoms with van der Waals surface area (Å²) in [4.78, 5) is 24.8. The molecular weight excluding hydrogens is 434 g/mol. The molecule has 34 heavy (non-hydrogen) atoms. The molecule has 0 fully saturated rings. The summed E-state index contributed by atoms with van der Waals surface area (Å²) in [5.41, 5.74) is 2.29. The molecular formula is C27H37NO6. The van der Waals surface area contributed by atoms with Crippen LogP contribution in [0.15, 0.2) is 48.5 Å². The number of aliphatic carboxylic acids is 1. The highest BCUT2D eigenvalue weighted by Gasteiger charge is 2.17. The molecule has 1 atom stereocenters. The number of carboxylic acid groups (broad SMARTS) is 1. The molecule has 0 amide bonds. The zero-order valence-corrected chi connectivity index (χ0v) is 20.5. The van der Waals surface area contributed by atoms with Gasteiger partial charge >= 0.3 is 11.9 Å². The van der Waals surface area contributed by atoms with E-state index in [4.69, 9.17) is 19.3 Å². The molecule has 186 valence electrons. The van der Waals surface area contributed by atoms with Gasteiger partial charge in [-0.05, 0) is 69.1 Å². The van der Waals surface area contributed by atoms with Gasteiger partial charge in [0.05, 0.1) is 7.11 Å². The third kappa shape index (κ3) is 10.7. The fraction of sp³-hybridized carbons (Fsp3) is 0.481. The highest BCUT2D eigenvalue weighted by molar-refractivity contribution is 5.69. The first kappa shape index (κ1) is 27.2. The summed E-state index contributed by atoms with van der Waals surface area (Å²) in [7, 11) is 5.52. The van der Waals surface area contributed by atoms with Crippen LogP contribution in [0.25, 0.3) is 0 Å². The third-order valence-electron chi connectivity index (χ3n) is 5.35. The van der Waals surface area contributed by atoms with E-state index in [0.29, 0.717) is 25.8 Å². The maximum Gasteiger partial charge on any atom is 0.306 e. The number of methoxy groups -OCH3 is 1. The highest BCUT2D eigenvalue weighted by Crippen LogP contribution is 2.22. The number of carboxylic acids is 1. The molecule has 2 aromatic carbocycles. The molecule has 0 radical (unpaired) electrons. The summed E-state index contributed by atoms with van der Waals surface area (Å²) < 4.78 is 17.1. The van der Waals surface area contributed by atoms with Gasteiger partial charge in [-0.15, -0.1) is 0 Å². The Morgan fingerprint density at radius 1 is 0.971 bits per heavy atom. The molecule has 0 saturated heterocycles. The van der Waals surface area contributed by atoms with Crippen LogP contribution in [0, 0.1) is 0 Å². The first-order valence-electron chi connectivity index (χ1n) is 11.8. The smallest absolute Gasteiger partial charge is 0.306 e. The van der Waals surface area contributed by atoms with E-state index >= 15 is 0 Å². The van der Waals surface area contributed by atoms with Crippen molar-refractivity contribution in [1.82, 2.24) is 4.90 Å². The lowest BCUT2D eigenvalue weighted by Gasteiger charge is -2.22. The Labute approximate surface area is 202 Å². The molecule has 2 rings (SSSR count). The third-order valence-corrected chi connectivity index (χ3v) is 5.35. The lowest BCUT2D eigenvalue weighted by molar-refractivity contribution is -0.151. The molecule has 0 aromatic heterocycles. The van der Waals surface area contributed by atoms with Crippen molar-refractivity contribution in [2.24, 2.45) is 0 Å². The first-order chi connectivity index (χ1) is 16.4.